The lowest BCUT2D eigenvalue weighted by Gasteiger charge is -2.37. The molecule has 2 unspecified atom stereocenters. The second-order valence-corrected chi connectivity index (χ2v) is 9.46. The van der Waals surface area contributed by atoms with Crippen LogP contribution in [0.3, 0.4) is 0 Å². The molecule has 8 nitrogen and oxygen atoms in total. The summed E-state index contributed by atoms with van der Waals surface area (Å²) in [5.41, 5.74) is 10.8. The van der Waals surface area contributed by atoms with Crippen molar-refractivity contribution in [1.82, 2.24) is 20.2 Å². The number of nitrogens with two attached hydrogens (primary N) is 1. The van der Waals surface area contributed by atoms with Gasteiger partial charge in [0.25, 0.3) is 0 Å². The number of hydrogen-bond acceptors (Lipinski definition) is 7. The summed E-state index contributed by atoms with van der Waals surface area (Å²) in [7, 11) is 1.64. The molecule has 2 saturated heterocycles. The summed E-state index contributed by atoms with van der Waals surface area (Å²) in [4.78, 5) is 19.2. The lowest BCUT2D eigenvalue weighted by atomic mass is 10.0. The Morgan fingerprint density at radius 3 is 2.71 bits per heavy atom. The summed E-state index contributed by atoms with van der Waals surface area (Å²) < 4.78 is 5.53. The summed E-state index contributed by atoms with van der Waals surface area (Å²) in [6.07, 6.45) is 6.14. The zero-order valence-corrected chi connectivity index (χ0v) is 20.4. The van der Waals surface area contributed by atoms with Crippen molar-refractivity contribution in [2.75, 3.05) is 31.6 Å². The largest absolute Gasteiger partial charge is 0.467 e. The van der Waals surface area contributed by atoms with E-state index in [1.165, 1.54) is 24.0 Å². The van der Waals surface area contributed by atoms with Gasteiger partial charge in [-0.3, -0.25) is 0 Å². The Hall–Kier alpha value is -3.13. The topological polar surface area (TPSA) is 91.9 Å². The summed E-state index contributed by atoms with van der Waals surface area (Å²) in [6.45, 7) is 7.64. The maximum absolute atomic E-state index is 6.26. The number of allylic oxidation sites excluding steroid dienone is 1. The number of nitrogens with zero attached hydrogens (tertiary/aromatic N) is 5. The minimum atomic E-state index is 0.432. The van der Waals surface area contributed by atoms with Crippen molar-refractivity contribution in [2.24, 2.45) is 10.7 Å². The molecule has 1 aromatic heterocycles. The van der Waals surface area contributed by atoms with Crippen LogP contribution in [0.1, 0.15) is 48.6 Å². The first-order valence-corrected chi connectivity index (χ1v) is 12.4. The van der Waals surface area contributed by atoms with E-state index in [1.807, 2.05) is 6.08 Å². The fraction of sp³-hybridized carbons (Fsp3) is 0.500. The van der Waals surface area contributed by atoms with Gasteiger partial charge in [-0.05, 0) is 44.2 Å². The second-order valence-electron chi connectivity index (χ2n) is 9.46. The Balaban J connectivity index is 1.51. The third kappa shape index (κ3) is 4.46. The van der Waals surface area contributed by atoms with E-state index in [4.69, 9.17) is 25.4 Å². The fourth-order valence-corrected chi connectivity index (χ4v) is 5.39. The van der Waals surface area contributed by atoms with Gasteiger partial charge in [-0.1, -0.05) is 31.2 Å². The first kappa shape index (κ1) is 22.7. The number of rotatable bonds is 5. The van der Waals surface area contributed by atoms with E-state index >= 15 is 0 Å². The smallest absolute Gasteiger partial charge is 0.318 e. The zero-order chi connectivity index (χ0) is 23.7. The average Bonchev–Trinajstić information content (AvgIpc) is 3.19. The van der Waals surface area contributed by atoms with Gasteiger partial charge in [0.15, 0.2) is 0 Å². The highest BCUT2D eigenvalue weighted by molar-refractivity contribution is 6.00. The summed E-state index contributed by atoms with van der Waals surface area (Å²) in [6, 6.07) is 9.86. The maximum atomic E-state index is 6.26. The number of benzene rings is 1. The highest BCUT2D eigenvalue weighted by atomic mass is 16.5. The lowest BCUT2D eigenvalue weighted by molar-refractivity contribution is 0.354. The van der Waals surface area contributed by atoms with E-state index in [-0.39, 0.29) is 0 Å². The number of hydrogen-bond donors (Lipinski definition) is 2. The number of aliphatic imine (C=N–C) groups is 1. The molecule has 0 aliphatic carbocycles. The predicted octanol–water partition coefficient (Wildman–Crippen LogP) is 2.75. The molecule has 3 aliphatic rings. The quantitative estimate of drug-likeness (QED) is 0.523. The molecule has 2 atom stereocenters. The van der Waals surface area contributed by atoms with Gasteiger partial charge in [0.2, 0.25) is 0 Å². The van der Waals surface area contributed by atoms with E-state index in [0.29, 0.717) is 30.5 Å². The molecule has 0 spiro atoms. The van der Waals surface area contributed by atoms with Crippen molar-refractivity contribution in [1.29, 1.82) is 0 Å². The number of piperazine rings is 1. The van der Waals surface area contributed by atoms with Crippen molar-refractivity contribution in [3.63, 3.8) is 0 Å². The standard InChI is InChI=1S/C26H35N7O/c1-4-7-23(27)30-24(20-9-6-5-8-17(20)2)32-13-12-21-22(16-32)29-26(34-3)31-25(21)33-14-18-10-11-19(15-33)28-18/h5-9,18-19,28H,4,10-16,27H2,1-3H3/b23-7+,30-24+. The van der Waals surface area contributed by atoms with E-state index in [9.17, 15) is 0 Å². The van der Waals surface area contributed by atoms with Crippen LogP contribution in [-0.2, 0) is 13.0 Å². The number of methoxy groups -OCH3 is 1. The molecule has 3 N–H and O–H groups in total. The highest BCUT2D eigenvalue weighted by Crippen LogP contribution is 2.32. The van der Waals surface area contributed by atoms with Gasteiger partial charge in [0, 0.05) is 42.8 Å². The van der Waals surface area contributed by atoms with Gasteiger partial charge in [0.1, 0.15) is 17.5 Å². The first-order valence-electron chi connectivity index (χ1n) is 12.4. The third-order valence-electron chi connectivity index (χ3n) is 7.06. The number of fused-ring (bicyclic) bond motifs is 3. The predicted molar refractivity (Wildman–Crippen MR) is 135 cm³/mol. The Morgan fingerprint density at radius 1 is 1.24 bits per heavy atom. The molecular weight excluding hydrogens is 426 g/mol. The molecule has 1 aromatic carbocycles. The molecule has 2 fully saturated rings. The molecule has 2 aromatic rings. The lowest BCUT2D eigenvalue weighted by Crippen LogP contribution is -2.52. The van der Waals surface area contributed by atoms with Crippen LogP contribution in [0.15, 0.2) is 41.2 Å². The minimum absolute atomic E-state index is 0.432. The Bertz CT molecular complexity index is 1100. The van der Waals surface area contributed by atoms with Crippen LogP contribution in [0.4, 0.5) is 5.82 Å². The van der Waals surface area contributed by atoms with Crippen molar-refractivity contribution in [3.05, 3.63) is 58.5 Å². The Morgan fingerprint density at radius 2 is 2.00 bits per heavy atom. The van der Waals surface area contributed by atoms with E-state index in [2.05, 4.69) is 53.2 Å². The van der Waals surface area contributed by atoms with Crippen LogP contribution in [0.25, 0.3) is 0 Å². The van der Waals surface area contributed by atoms with E-state index < -0.39 is 0 Å². The summed E-state index contributed by atoms with van der Waals surface area (Å²) in [5, 5.41) is 3.72. The Labute approximate surface area is 201 Å². The zero-order valence-electron chi connectivity index (χ0n) is 20.4. The van der Waals surface area contributed by atoms with Crippen molar-refractivity contribution in [2.45, 2.75) is 58.2 Å². The second kappa shape index (κ2) is 9.62. The average molecular weight is 462 g/mol. The summed E-state index contributed by atoms with van der Waals surface area (Å²) in [5.74, 6) is 2.48. The Kier molecular flexibility index (Phi) is 6.41. The fourth-order valence-electron chi connectivity index (χ4n) is 5.39. The molecule has 2 bridgehead atoms. The van der Waals surface area contributed by atoms with Gasteiger partial charge < -0.3 is 25.6 Å². The number of aryl methyl sites for hydroxylation is 1. The van der Waals surface area contributed by atoms with E-state index in [0.717, 1.165) is 55.4 Å². The molecule has 0 amide bonds. The molecule has 4 heterocycles. The van der Waals surface area contributed by atoms with Crippen LogP contribution in [0, 0.1) is 6.92 Å². The molecule has 5 rings (SSSR count). The van der Waals surface area contributed by atoms with Crippen LogP contribution in [-0.4, -0.2) is 59.5 Å². The van der Waals surface area contributed by atoms with Crippen LogP contribution in [0.2, 0.25) is 0 Å². The van der Waals surface area contributed by atoms with Gasteiger partial charge in [-0.25, -0.2) is 4.99 Å². The minimum Gasteiger partial charge on any atom is -0.467 e. The van der Waals surface area contributed by atoms with Gasteiger partial charge in [0.05, 0.1) is 19.3 Å². The molecular formula is C26H35N7O. The van der Waals surface area contributed by atoms with Gasteiger partial charge in [-0.2, -0.15) is 9.97 Å². The number of anilines is 1. The van der Waals surface area contributed by atoms with Crippen molar-refractivity contribution in [3.8, 4) is 6.01 Å². The third-order valence-corrected chi connectivity index (χ3v) is 7.06. The molecule has 180 valence electrons. The SMILES string of the molecule is CC/C=C(N)/N=C(\c1ccccc1C)N1CCc2c(nc(OC)nc2N2CC3CCC(C2)N3)C1. The molecule has 0 saturated carbocycles. The highest BCUT2D eigenvalue weighted by Gasteiger charge is 2.35. The van der Waals surface area contributed by atoms with Crippen LogP contribution in [0.5, 0.6) is 6.01 Å². The molecule has 0 radical (unpaired) electrons. The monoisotopic (exact) mass is 461 g/mol. The van der Waals surface area contributed by atoms with Crippen LogP contribution < -0.4 is 20.7 Å². The van der Waals surface area contributed by atoms with Crippen molar-refractivity contribution < 1.29 is 4.74 Å². The van der Waals surface area contributed by atoms with Crippen molar-refractivity contribution >= 4 is 11.7 Å². The van der Waals surface area contributed by atoms with Crippen LogP contribution >= 0.6 is 0 Å². The molecule has 34 heavy (non-hydrogen) atoms. The summed E-state index contributed by atoms with van der Waals surface area (Å²) >= 11 is 0. The molecule has 3 aliphatic heterocycles. The normalized spacial score (nSPS) is 22.7. The van der Waals surface area contributed by atoms with E-state index in [1.54, 1.807) is 7.11 Å². The van der Waals surface area contributed by atoms with Gasteiger partial charge >= 0.3 is 6.01 Å². The number of ether oxygens (including phenoxy) is 1. The number of aromatic nitrogens is 2. The van der Waals surface area contributed by atoms with Gasteiger partial charge in [-0.15, -0.1) is 0 Å². The molecule has 8 heteroatoms. The maximum Gasteiger partial charge on any atom is 0.318 e. The number of amidine groups is 1. The first-order chi connectivity index (χ1) is 16.6. The number of nitrogens with one attached hydrogen (secondary N) is 1.